The fourth-order valence-corrected chi connectivity index (χ4v) is 3.37. The predicted octanol–water partition coefficient (Wildman–Crippen LogP) is 1.38. The highest BCUT2D eigenvalue weighted by Gasteiger charge is 2.25. The third kappa shape index (κ3) is 4.21. The van der Waals surface area contributed by atoms with Crippen molar-refractivity contribution in [2.24, 2.45) is 5.92 Å². The van der Waals surface area contributed by atoms with Crippen molar-refractivity contribution >= 4 is 11.0 Å². The van der Waals surface area contributed by atoms with Crippen molar-refractivity contribution in [3.8, 4) is 0 Å². The summed E-state index contributed by atoms with van der Waals surface area (Å²) >= 11 is 0. The molecule has 2 rings (SSSR count). The van der Waals surface area contributed by atoms with Gasteiger partial charge in [-0.25, -0.2) is 8.93 Å². The summed E-state index contributed by atoms with van der Waals surface area (Å²) in [6.07, 6.45) is 2.41. The maximum atomic E-state index is 11.1. The molecule has 0 amide bonds. The van der Waals surface area contributed by atoms with E-state index in [1.165, 1.54) is 19.5 Å². The SMILES string of the molecule is CC.CC1CCN(CC2CCS(=O)N2)C1. The lowest BCUT2D eigenvalue weighted by Gasteiger charge is -2.19. The molecule has 2 aliphatic rings. The van der Waals surface area contributed by atoms with Crippen molar-refractivity contribution in [2.75, 3.05) is 25.4 Å². The van der Waals surface area contributed by atoms with Gasteiger partial charge < -0.3 is 4.90 Å². The van der Waals surface area contributed by atoms with E-state index in [0.29, 0.717) is 6.04 Å². The number of nitrogens with one attached hydrogen (secondary N) is 1. The van der Waals surface area contributed by atoms with Gasteiger partial charge in [-0.15, -0.1) is 0 Å². The maximum Gasteiger partial charge on any atom is 0.0918 e. The van der Waals surface area contributed by atoms with E-state index in [1.54, 1.807) is 0 Å². The lowest BCUT2D eigenvalue weighted by molar-refractivity contribution is 0.299. The monoisotopic (exact) mass is 232 g/mol. The molecule has 3 atom stereocenters. The molecule has 1 N–H and O–H groups in total. The largest absolute Gasteiger partial charge is 0.301 e. The Balaban J connectivity index is 0.000000531. The van der Waals surface area contributed by atoms with Gasteiger partial charge in [0.15, 0.2) is 0 Å². The van der Waals surface area contributed by atoms with Crippen LogP contribution in [0.3, 0.4) is 0 Å². The summed E-state index contributed by atoms with van der Waals surface area (Å²) in [7, 11) is -0.738. The van der Waals surface area contributed by atoms with Crippen LogP contribution in [0.15, 0.2) is 0 Å². The number of hydrogen-bond donors (Lipinski definition) is 1. The number of rotatable bonds is 2. The van der Waals surface area contributed by atoms with Gasteiger partial charge in [-0.05, 0) is 25.3 Å². The molecule has 0 aromatic carbocycles. The van der Waals surface area contributed by atoms with Gasteiger partial charge in [-0.2, -0.15) is 0 Å². The van der Waals surface area contributed by atoms with Crippen LogP contribution < -0.4 is 4.72 Å². The lowest BCUT2D eigenvalue weighted by Crippen LogP contribution is -2.36. The van der Waals surface area contributed by atoms with E-state index in [0.717, 1.165) is 24.6 Å². The Morgan fingerprint density at radius 1 is 1.40 bits per heavy atom. The average molecular weight is 232 g/mol. The first-order chi connectivity index (χ1) is 7.24. The van der Waals surface area contributed by atoms with E-state index in [2.05, 4.69) is 16.5 Å². The molecule has 2 aliphatic heterocycles. The van der Waals surface area contributed by atoms with E-state index in [9.17, 15) is 4.21 Å². The minimum Gasteiger partial charge on any atom is -0.301 e. The van der Waals surface area contributed by atoms with Crippen molar-refractivity contribution in [3.05, 3.63) is 0 Å². The number of likely N-dealkylation sites (tertiary alicyclic amines) is 1. The first kappa shape index (κ1) is 13.1. The molecule has 3 unspecified atom stereocenters. The molecule has 90 valence electrons. The van der Waals surface area contributed by atoms with Gasteiger partial charge in [-0.3, -0.25) is 0 Å². The predicted molar refractivity (Wildman–Crippen MR) is 66.1 cm³/mol. The standard InChI is InChI=1S/C9H18N2OS.C2H6/c1-8-2-4-11(6-8)7-9-3-5-13(12)10-9;1-2/h8-10H,2-7H2,1H3;1-2H3. The molecule has 0 spiro atoms. The Morgan fingerprint density at radius 2 is 2.13 bits per heavy atom. The van der Waals surface area contributed by atoms with Crippen LogP contribution in [0.2, 0.25) is 0 Å². The van der Waals surface area contributed by atoms with Crippen molar-refractivity contribution in [1.82, 2.24) is 9.62 Å². The highest BCUT2D eigenvalue weighted by Crippen LogP contribution is 2.16. The molecule has 0 bridgehead atoms. The summed E-state index contributed by atoms with van der Waals surface area (Å²) in [6.45, 7) is 9.85. The molecule has 15 heavy (non-hydrogen) atoms. The normalized spacial score (nSPS) is 36.3. The summed E-state index contributed by atoms with van der Waals surface area (Å²) in [5.41, 5.74) is 0. The zero-order chi connectivity index (χ0) is 11.3. The number of hydrogen-bond acceptors (Lipinski definition) is 2. The van der Waals surface area contributed by atoms with Crippen LogP contribution >= 0.6 is 0 Å². The third-order valence-corrected chi connectivity index (χ3v) is 4.14. The minimum atomic E-state index is -0.738. The Kier molecular flexibility index (Phi) is 5.79. The molecule has 2 heterocycles. The third-order valence-electron chi connectivity index (χ3n) is 2.94. The summed E-state index contributed by atoms with van der Waals surface area (Å²) in [5, 5.41) is 0. The van der Waals surface area contributed by atoms with Gasteiger partial charge in [0.2, 0.25) is 0 Å². The molecule has 0 radical (unpaired) electrons. The molecule has 4 heteroatoms. The molecular formula is C11H24N2OS. The van der Waals surface area contributed by atoms with Crippen LogP contribution in [0.4, 0.5) is 0 Å². The summed E-state index contributed by atoms with van der Waals surface area (Å²) in [6, 6.07) is 0.478. The molecule has 0 aliphatic carbocycles. The lowest BCUT2D eigenvalue weighted by atomic mass is 10.2. The van der Waals surface area contributed by atoms with Crippen LogP contribution in [0.25, 0.3) is 0 Å². The fourth-order valence-electron chi connectivity index (χ4n) is 2.19. The zero-order valence-electron chi connectivity index (χ0n) is 10.2. The Hall–Kier alpha value is 0.0700. The molecule has 3 nitrogen and oxygen atoms in total. The van der Waals surface area contributed by atoms with Crippen LogP contribution in [0.1, 0.15) is 33.6 Å². The Labute approximate surface area is 96.2 Å². The topological polar surface area (TPSA) is 32.3 Å². The van der Waals surface area contributed by atoms with E-state index >= 15 is 0 Å². The highest BCUT2D eigenvalue weighted by atomic mass is 32.2. The Morgan fingerprint density at radius 3 is 2.60 bits per heavy atom. The van der Waals surface area contributed by atoms with E-state index in [4.69, 9.17) is 0 Å². The average Bonchev–Trinajstić information content (AvgIpc) is 2.80. The van der Waals surface area contributed by atoms with E-state index < -0.39 is 11.0 Å². The van der Waals surface area contributed by atoms with E-state index in [-0.39, 0.29) is 0 Å². The molecular weight excluding hydrogens is 208 g/mol. The maximum absolute atomic E-state index is 11.1. The van der Waals surface area contributed by atoms with Crippen LogP contribution in [-0.4, -0.2) is 40.5 Å². The summed E-state index contributed by atoms with van der Waals surface area (Å²) < 4.78 is 14.2. The van der Waals surface area contributed by atoms with Crippen LogP contribution in [0.5, 0.6) is 0 Å². The number of nitrogens with zero attached hydrogens (tertiary/aromatic N) is 1. The Bertz CT molecular complexity index is 211. The molecule has 2 saturated heterocycles. The quantitative estimate of drug-likeness (QED) is 0.780. The molecule has 0 aromatic heterocycles. The minimum absolute atomic E-state index is 0.478. The van der Waals surface area contributed by atoms with Gasteiger partial charge >= 0.3 is 0 Å². The van der Waals surface area contributed by atoms with Gasteiger partial charge in [0, 0.05) is 24.9 Å². The smallest absolute Gasteiger partial charge is 0.0918 e. The van der Waals surface area contributed by atoms with Gasteiger partial charge in [0.05, 0.1) is 11.0 Å². The zero-order valence-corrected chi connectivity index (χ0v) is 11.0. The first-order valence-corrected chi connectivity index (χ1v) is 7.43. The second-order valence-electron chi connectivity index (χ2n) is 4.31. The second kappa shape index (κ2) is 6.61. The van der Waals surface area contributed by atoms with E-state index in [1.807, 2.05) is 13.8 Å². The van der Waals surface area contributed by atoms with Gasteiger partial charge in [-0.1, -0.05) is 20.8 Å². The van der Waals surface area contributed by atoms with Crippen molar-refractivity contribution in [3.63, 3.8) is 0 Å². The van der Waals surface area contributed by atoms with Crippen molar-refractivity contribution in [1.29, 1.82) is 0 Å². The highest BCUT2D eigenvalue weighted by molar-refractivity contribution is 7.83. The second-order valence-corrected chi connectivity index (χ2v) is 5.64. The fraction of sp³-hybridized carbons (Fsp3) is 1.00. The summed E-state index contributed by atoms with van der Waals surface area (Å²) in [4.78, 5) is 2.49. The van der Waals surface area contributed by atoms with Gasteiger partial charge in [0.1, 0.15) is 0 Å². The summed E-state index contributed by atoms with van der Waals surface area (Å²) in [5.74, 6) is 1.69. The van der Waals surface area contributed by atoms with Crippen molar-refractivity contribution in [2.45, 2.75) is 39.7 Å². The molecule has 0 saturated carbocycles. The molecule has 0 aromatic rings. The molecule has 2 fully saturated rings. The van der Waals surface area contributed by atoms with Crippen molar-refractivity contribution < 1.29 is 4.21 Å². The first-order valence-electron chi connectivity index (χ1n) is 6.11. The van der Waals surface area contributed by atoms with Gasteiger partial charge in [0.25, 0.3) is 0 Å². The van der Waals surface area contributed by atoms with Crippen LogP contribution in [-0.2, 0) is 11.0 Å². The van der Waals surface area contributed by atoms with Crippen LogP contribution in [0, 0.1) is 5.92 Å².